The number of benzene rings is 1. The third-order valence-corrected chi connectivity index (χ3v) is 2.16. The summed E-state index contributed by atoms with van der Waals surface area (Å²) in [6, 6.07) is 5.52. The summed E-state index contributed by atoms with van der Waals surface area (Å²) >= 11 is 3.94. The second kappa shape index (κ2) is 4.70. The maximum atomic E-state index is 11.2. The molecule has 0 saturated heterocycles. The number of urea groups is 1. The molecule has 0 saturated carbocycles. The van der Waals surface area contributed by atoms with Crippen molar-refractivity contribution < 1.29 is 14.7 Å². The summed E-state index contributed by atoms with van der Waals surface area (Å²) in [5.41, 5.74) is 0.507. The van der Waals surface area contributed by atoms with Gasteiger partial charge in [-0.1, -0.05) is 18.9 Å². The highest BCUT2D eigenvalue weighted by Gasteiger charge is 2.11. The molecule has 0 bridgehead atoms. The van der Waals surface area contributed by atoms with E-state index in [0.29, 0.717) is 5.69 Å². The molecule has 0 fully saturated rings. The van der Waals surface area contributed by atoms with Gasteiger partial charge < -0.3 is 10.4 Å². The second-order valence-electron chi connectivity index (χ2n) is 2.72. The molecule has 0 radical (unpaired) electrons. The second-order valence-corrected chi connectivity index (χ2v) is 3.12. The largest absolute Gasteiger partial charge is 0.478 e. The fourth-order valence-electron chi connectivity index (χ4n) is 0.994. The molecule has 2 amide bonds. The minimum atomic E-state index is -1.05. The number of amides is 2. The summed E-state index contributed by atoms with van der Waals surface area (Å²) in [7, 11) is 1.46. The van der Waals surface area contributed by atoms with Gasteiger partial charge >= 0.3 is 12.0 Å². The van der Waals surface area contributed by atoms with E-state index in [1.54, 1.807) is 12.1 Å². The quantitative estimate of drug-likeness (QED) is 0.667. The zero-order valence-electron chi connectivity index (χ0n) is 7.97. The van der Waals surface area contributed by atoms with Crippen molar-refractivity contribution in [2.75, 3.05) is 11.4 Å². The van der Waals surface area contributed by atoms with E-state index < -0.39 is 12.0 Å². The maximum absolute atomic E-state index is 11.2. The van der Waals surface area contributed by atoms with Crippen molar-refractivity contribution in [1.29, 1.82) is 0 Å². The van der Waals surface area contributed by atoms with Crippen LogP contribution in [0, 0.1) is 0 Å². The van der Waals surface area contributed by atoms with Crippen molar-refractivity contribution in [3.05, 3.63) is 29.8 Å². The van der Waals surface area contributed by atoms with Gasteiger partial charge in [0.15, 0.2) is 0 Å². The van der Waals surface area contributed by atoms with E-state index in [0.717, 1.165) is 4.31 Å². The van der Waals surface area contributed by atoms with Crippen molar-refractivity contribution in [3.63, 3.8) is 0 Å². The van der Waals surface area contributed by atoms with Gasteiger partial charge in [0.25, 0.3) is 0 Å². The first-order chi connectivity index (χ1) is 7.06. The van der Waals surface area contributed by atoms with Gasteiger partial charge in [-0.05, 0) is 18.2 Å². The van der Waals surface area contributed by atoms with Gasteiger partial charge in [-0.3, -0.25) is 0 Å². The first kappa shape index (κ1) is 11.4. The van der Waals surface area contributed by atoms with Crippen LogP contribution in [0.3, 0.4) is 0 Å². The van der Waals surface area contributed by atoms with Gasteiger partial charge in [0.1, 0.15) is 0 Å². The minimum absolute atomic E-state index is 0.107. The molecule has 0 aliphatic heterocycles. The SMILES string of the molecule is CNC(=O)N(S)c1cccc(C(=O)O)c1. The predicted octanol–water partition coefficient (Wildman–Crippen LogP) is 1.38. The van der Waals surface area contributed by atoms with E-state index >= 15 is 0 Å². The summed E-state index contributed by atoms with van der Waals surface area (Å²) in [5.74, 6) is -1.05. The molecular weight excluding hydrogens is 216 g/mol. The minimum Gasteiger partial charge on any atom is -0.478 e. The smallest absolute Gasteiger partial charge is 0.335 e. The zero-order chi connectivity index (χ0) is 11.4. The number of aromatic carboxylic acids is 1. The van der Waals surface area contributed by atoms with E-state index in [4.69, 9.17) is 5.11 Å². The lowest BCUT2D eigenvalue weighted by molar-refractivity contribution is 0.0697. The predicted molar refractivity (Wildman–Crippen MR) is 59.3 cm³/mol. The highest BCUT2D eigenvalue weighted by atomic mass is 32.1. The van der Waals surface area contributed by atoms with Crippen molar-refractivity contribution >= 4 is 30.5 Å². The van der Waals surface area contributed by atoms with Gasteiger partial charge in [0.05, 0.1) is 11.3 Å². The third kappa shape index (κ3) is 2.63. The van der Waals surface area contributed by atoms with Crippen molar-refractivity contribution in [1.82, 2.24) is 5.32 Å². The summed E-state index contributed by atoms with van der Waals surface area (Å²) < 4.78 is 1.03. The Morgan fingerprint density at radius 3 is 2.67 bits per heavy atom. The normalized spacial score (nSPS) is 9.47. The van der Waals surface area contributed by atoms with Crippen LogP contribution in [0.5, 0.6) is 0 Å². The number of carboxylic acids is 1. The van der Waals surface area contributed by atoms with Gasteiger partial charge in [0.2, 0.25) is 0 Å². The molecule has 0 spiro atoms. The summed E-state index contributed by atoms with van der Waals surface area (Å²) in [5, 5.41) is 11.1. The Bertz CT molecular complexity index is 395. The number of carbonyl (C=O) groups is 2. The van der Waals surface area contributed by atoms with Crippen LogP contribution in [0.2, 0.25) is 0 Å². The molecule has 0 heterocycles. The van der Waals surface area contributed by atoms with E-state index in [1.165, 1.54) is 19.2 Å². The number of carboxylic acid groups (broad SMARTS) is 1. The topological polar surface area (TPSA) is 69.6 Å². The maximum Gasteiger partial charge on any atom is 0.335 e. The van der Waals surface area contributed by atoms with Crippen LogP contribution in [-0.2, 0) is 0 Å². The number of rotatable bonds is 2. The molecule has 0 aliphatic rings. The number of nitrogens with zero attached hydrogens (tertiary/aromatic N) is 1. The molecule has 80 valence electrons. The van der Waals surface area contributed by atoms with Gasteiger partial charge in [-0.25, -0.2) is 13.9 Å². The fourth-order valence-corrected chi connectivity index (χ4v) is 1.22. The summed E-state index contributed by atoms with van der Waals surface area (Å²) in [6.45, 7) is 0. The first-order valence-electron chi connectivity index (χ1n) is 4.10. The van der Waals surface area contributed by atoms with Crippen LogP contribution in [0.4, 0.5) is 10.5 Å². The Morgan fingerprint density at radius 2 is 2.13 bits per heavy atom. The molecule has 6 heteroatoms. The lowest BCUT2D eigenvalue weighted by Crippen LogP contribution is -2.30. The third-order valence-electron chi connectivity index (χ3n) is 1.74. The lowest BCUT2D eigenvalue weighted by atomic mass is 10.2. The van der Waals surface area contributed by atoms with Crippen LogP contribution in [0.15, 0.2) is 24.3 Å². The van der Waals surface area contributed by atoms with Crippen molar-refractivity contribution in [2.24, 2.45) is 0 Å². The number of hydrogen-bond donors (Lipinski definition) is 3. The standard InChI is InChI=1S/C9H10N2O3S/c1-10-9(14)11(15)7-4-2-3-6(5-7)8(12)13/h2-5,15H,1H3,(H,10,14)(H,12,13). The molecule has 1 aromatic rings. The molecule has 0 atom stereocenters. The van der Waals surface area contributed by atoms with Crippen LogP contribution >= 0.6 is 12.8 Å². The molecule has 1 aromatic carbocycles. The Balaban J connectivity index is 3.00. The van der Waals surface area contributed by atoms with Crippen molar-refractivity contribution in [3.8, 4) is 0 Å². The summed E-state index contributed by atoms with van der Waals surface area (Å²) in [6.07, 6.45) is 0. The first-order valence-corrected chi connectivity index (χ1v) is 4.50. The van der Waals surface area contributed by atoms with Crippen LogP contribution < -0.4 is 9.62 Å². The number of nitrogens with one attached hydrogen (secondary N) is 1. The van der Waals surface area contributed by atoms with Crippen molar-refractivity contribution in [2.45, 2.75) is 0 Å². The van der Waals surface area contributed by atoms with Crippen LogP contribution in [0.25, 0.3) is 0 Å². The molecule has 15 heavy (non-hydrogen) atoms. The average molecular weight is 226 g/mol. The summed E-state index contributed by atoms with van der Waals surface area (Å²) in [4.78, 5) is 21.9. The average Bonchev–Trinajstić information content (AvgIpc) is 2.27. The highest BCUT2D eigenvalue weighted by molar-refractivity contribution is 7.82. The van der Waals surface area contributed by atoms with Crippen LogP contribution in [-0.4, -0.2) is 24.2 Å². The fraction of sp³-hybridized carbons (Fsp3) is 0.111. The number of anilines is 1. The number of hydrogen-bond acceptors (Lipinski definition) is 3. The highest BCUT2D eigenvalue weighted by Crippen LogP contribution is 2.17. The van der Waals surface area contributed by atoms with Gasteiger partial charge in [0, 0.05) is 7.05 Å². The van der Waals surface area contributed by atoms with E-state index in [-0.39, 0.29) is 5.56 Å². The number of carbonyl (C=O) groups excluding carboxylic acids is 1. The van der Waals surface area contributed by atoms with Gasteiger partial charge in [-0.15, -0.1) is 0 Å². The zero-order valence-corrected chi connectivity index (χ0v) is 8.86. The number of thiol groups is 1. The molecular formula is C9H10N2O3S. The molecule has 0 unspecified atom stereocenters. The Labute approximate surface area is 92.2 Å². The Kier molecular flexibility index (Phi) is 3.56. The Hall–Kier alpha value is -1.69. The molecule has 0 aromatic heterocycles. The lowest BCUT2D eigenvalue weighted by Gasteiger charge is -2.14. The molecule has 1 rings (SSSR count). The molecule has 0 aliphatic carbocycles. The van der Waals surface area contributed by atoms with Crippen LogP contribution in [0.1, 0.15) is 10.4 Å². The van der Waals surface area contributed by atoms with E-state index in [2.05, 4.69) is 18.1 Å². The monoisotopic (exact) mass is 226 g/mol. The molecule has 2 N–H and O–H groups in total. The molecule has 5 nitrogen and oxygen atoms in total. The van der Waals surface area contributed by atoms with E-state index in [1.807, 2.05) is 0 Å². The van der Waals surface area contributed by atoms with Gasteiger partial charge in [-0.2, -0.15) is 0 Å². The van der Waals surface area contributed by atoms with E-state index in [9.17, 15) is 9.59 Å². The Morgan fingerprint density at radius 1 is 1.47 bits per heavy atom.